The highest BCUT2D eigenvalue weighted by Crippen LogP contribution is 2.24. The third-order valence-corrected chi connectivity index (χ3v) is 6.68. The fourth-order valence-corrected chi connectivity index (χ4v) is 4.73. The first-order valence-electron chi connectivity index (χ1n) is 10.3. The van der Waals surface area contributed by atoms with Gasteiger partial charge in [-0.1, -0.05) is 48.9 Å². The summed E-state index contributed by atoms with van der Waals surface area (Å²) in [6, 6.07) is 19.3. The highest BCUT2D eigenvalue weighted by Gasteiger charge is 2.18. The number of hydrogen-bond acceptors (Lipinski definition) is 3. The van der Waals surface area contributed by atoms with E-state index in [2.05, 4.69) is 35.2 Å². The van der Waals surface area contributed by atoms with Crippen LogP contribution in [0.1, 0.15) is 52.0 Å². The van der Waals surface area contributed by atoms with Crippen LogP contribution in [0.25, 0.3) is 0 Å². The number of sulfonamides is 1. The molecule has 0 aliphatic rings. The maximum absolute atomic E-state index is 12.9. The van der Waals surface area contributed by atoms with E-state index in [0.717, 1.165) is 17.5 Å². The average Bonchev–Trinajstić information content (AvgIpc) is 2.74. The molecule has 0 aromatic heterocycles. The zero-order chi connectivity index (χ0) is 22.6. The Morgan fingerprint density at radius 2 is 1.61 bits per heavy atom. The third kappa shape index (κ3) is 5.33. The summed E-state index contributed by atoms with van der Waals surface area (Å²) < 4.78 is 27.8. The highest BCUT2D eigenvalue weighted by molar-refractivity contribution is 7.92. The van der Waals surface area contributed by atoms with Crippen LogP contribution in [0.3, 0.4) is 0 Å². The van der Waals surface area contributed by atoms with Gasteiger partial charge in [0.05, 0.1) is 16.6 Å². The quantitative estimate of drug-likeness (QED) is 0.528. The zero-order valence-corrected chi connectivity index (χ0v) is 19.1. The largest absolute Gasteiger partial charge is 0.345 e. The molecule has 31 heavy (non-hydrogen) atoms. The van der Waals surface area contributed by atoms with Gasteiger partial charge in [-0.05, 0) is 74.2 Å². The minimum Gasteiger partial charge on any atom is -0.345 e. The predicted octanol–water partition coefficient (Wildman–Crippen LogP) is 5.29. The van der Waals surface area contributed by atoms with Crippen molar-refractivity contribution in [2.45, 2.75) is 45.1 Å². The molecule has 0 aliphatic heterocycles. The zero-order valence-electron chi connectivity index (χ0n) is 18.3. The van der Waals surface area contributed by atoms with Crippen molar-refractivity contribution in [3.8, 4) is 0 Å². The fraction of sp³-hybridized carbons (Fsp3) is 0.240. The lowest BCUT2D eigenvalue weighted by atomic mass is 9.97. The van der Waals surface area contributed by atoms with Crippen LogP contribution in [-0.4, -0.2) is 14.3 Å². The molecule has 6 heteroatoms. The second-order valence-electron chi connectivity index (χ2n) is 7.74. The molecule has 0 radical (unpaired) electrons. The maximum Gasteiger partial charge on any atom is 0.261 e. The number of nitrogens with one attached hydrogen (secondary N) is 2. The van der Waals surface area contributed by atoms with Crippen LogP contribution in [0.15, 0.2) is 71.6 Å². The Kier molecular flexibility index (Phi) is 6.81. The monoisotopic (exact) mass is 436 g/mol. The predicted molar refractivity (Wildman–Crippen MR) is 125 cm³/mol. The molecule has 3 aromatic rings. The molecule has 3 rings (SSSR count). The Balaban J connectivity index is 1.78. The van der Waals surface area contributed by atoms with Gasteiger partial charge in [-0.2, -0.15) is 0 Å². The van der Waals surface area contributed by atoms with Gasteiger partial charge in [0.2, 0.25) is 0 Å². The summed E-state index contributed by atoms with van der Waals surface area (Å²) in [4.78, 5) is 13.1. The minimum atomic E-state index is -3.69. The summed E-state index contributed by atoms with van der Waals surface area (Å²) in [6.45, 7) is 7.92. The van der Waals surface area contributed by atoms with Gasteiger partial charge in [0, 0.05) is 5.56 Å². The molecule has 162 valence electrons. The van der Waals surface area contributed by atoms with Crippen LogP contribution >= 0.6 is 0 Å². The number of hydrogen-bond donors (Lipinski definition) is 2. The number of carbonyl (C=O) groups is 1. The lowest BCUT2D eigenvalue weighted by Gasteiger charge is -2.20. The van der Waals surface area contributed by atoms with Crippen molar-refractivity contribution in [1.29, 1.82) is 0 Å². The summed E-state index contributed by atoms with van der Waals surface area (Å²) in [5.74, 6) is -0.188. The van der Waals surface area contributed by atoms with Gasteiger partial charge in [0.1, 0.15) is 0 Å². The molecule has 5 nitrogen and oxygen atoms in total. The number of rotatable bonds is 7. The van der Waals surface area contributed by atoms with E-state index in [1.165, 1.54) is 17.7 Å². The Morgan fingerprint density at radius 3 is 2.23 bits per heavy atom. The van der Waals surface area contributed by atoms with Gasteiger partial charge in [0.25, 0.3) is 15.9 Å². The fourth-order valence-electron chi connectivity index (χ4n) is 3.58. The average molecular weight is 437 g/mol. The van der Waals surface area contributed by atoms with Gasteiger partial charge in [-0.25, -0.2) is 8.42 Å². The van der Waals surface area contributed by atoms with Gasteiger partial charge in [-0.15, -0.1) is 0 Å². The first-order valence-corrected chi connectivity index (χ1v) is 11.8. The van der Waals surface area contributed by atoms with Crippen molar-refractivity contribution in [2.24, 2.45) is 0 Å². The van der Waals surface area contributed by atoms with Crippen LogP contribution in [0, 0.1) is 20.8 Å². The summed E-state index contributed by atoms with van der Waals surface area (Å²) in [5, 5.41) is 3.10. The molecule has 0 bridgehead atoms. The van der Waals surface area contributed by atoms with E-state index >= 15 is 0 Å². The number of anilines is 1. The van der Waals surface area contributed by atoms with E-state index in [4.69, 9.17) is 0 Å². The molecule has 0 fully saturated rings. The van der Waals surface area contributed by atoms with Crippen LogP contribution in [-0.2, 0) is 10.0 Å². The lowest BCUT2D eigenvalue weighted by Crippen LogP contribution is -2.28. The Morgan fingerprint density at radius 1 is 0.903 bits per heavy atom. The van der Waals surface area contributed by atoms with E-state index < -0.39 is 10.0 Å². The molecular formula is C25H28N2O3S. The molecule has 1 amide bonds. The SMILES string of the molecule is CCC(NC(=O)c1ccc(NS(=O)(=O)c2ccccc2)c(C)c1)c1ccc(C)cc1C. The summed E-state index contributed by atoms with van der Waals surface area (Å²) in [6.07, 6.45) is 0.767. The summed E-state index contributed by atoms with van der Waals surface area (Å²) in [5.41, 5.74) is 5.04. The topological polar surface area (TPSA) is 75.3 Å². The highest BCUT2D eigenvalue weighted by atomic mass is 32.2. The first kappa shape index (κ1) is 22.6. The standard InChI is InChI=1S/C25H28N2O3S/c1-5-23(22-13-11-17(2)15-18(22)3)26-25(28)20-12-14-24(19(4)16-20)27-31(29,30)21-9-7-6-8-10-21/h6-16,23,27H,5H2,1-4H3,(H,26,28). The molecule has 0 saturated heterocycles. The molecule has 2 N–H and O–H groups in total. The Bertz CT molecular complexity index is 1190. The summed E-state index contributed by atoms with van der Waals surface area (Å²) in [7, 11) is -3.69. The van der Waals surface area contributed by atoms with Gasteiger partial charge in [0.15, 0.2) is 0 Å². The molecule has 0 spiro atoms. The number of aryl methyl sites for hydroxylation is 3. The Labute approximate surface area is 184 Å². The van der Waals surface area contributed by atoms with Gasteiger partial charge >= 0.3 is 0 Å². The smallest absolute Gasteiger partial charge is 0.261 e. The van der Waals surface area contributed by atoms with Crippen molar-refractivity contribution in [3.05, 3.63) is 94.5 Å². The normalized spacial score (nSPS) is 12.3. The van der Waals surface area contributed by atoms with Gasteiger partial charge < -0.3 is 5.32 Å². The second-order valence-corrected chi connectivity index (χ2v) is 9.42. The molecule has 1 atom stereocenters. The van der Waals surface area contributed by atoms with E-state index in [-0.39, 0.29) is 16.8 Å². The maximum atomic E-state index is 12.9. The van der Waals surface area contributed by atoms with Crippen molar-refractivity contribution < 1.29 is 13.2 Å². The molecule has 0 saturated carbocycles. The molecule has 0 aliphatic carbocycles. The Hall–Kier alpha value is -3.12. The van der Waals surface area contributed by atoms with Crippen molar-refractivity contribution in [2.75, 3.05) is 4.72 Å². The van der Waals surface area contributed by atoms with Crippen LogP contribution in [0.4, 0.5) is 5.69 Å². The van der Waals surface area contributed by atoms with Crippen molar-refractivity contribution in [1.82, 2.24) is 5.32 Å². The lowest BCUT2D eigenvalue weighted by molar-refractivity contribution is 0.0935. The molecular weight excluding hydrogens is 408 g/mol. The van der Waals surface area contributed by atoms with Crippen LogP contribution < -0.4 is 10.0 Å². The molecule has 0 heterocycles. The van der Waals surface area contributed by atoms with Crippen molar-refractivity contribution in [3.63, 3.8) is 0 Å². The van der Waals surface area contributed by atoms with E-state index in [1.807, 2.05) is 13.8 Å². The van der Waals surface area contributed by atoms with Crippen LogP contribution in [0.5, 0.6) is 0 Å². The van der Waals surface area contributed by atoms with Crippen LogP contribution in [0.2, 0.25) is 0 Å². The molecule has 1 unspecified atom stereocenters. The van der Waals surface area contributed by atoms with E-state index in [1.54, 1.807) is 43.3 Å². The number of benzene rings is 3. The van der Waals surface area contributed by atoms with Crippen molar-refractivity contribution >= 4 is 21.6 Å². The number of carbonyl (C=O) groups excluding carboxylic acids is 1. The van der Waals surface area contributed by atoms with E-state index in [9.17, 15) is 13.2 Å². The molecule has 3 aromatic carbocycles. The third-order valence-electron chi connectivity index (χ3n) is 5.30. The van der Waals surface area contributed by atoms with E-state index in [0.29, 0.717) is 16.8 Å². The van der Waals surface area contributed by atoms with Gasteiger partial charge in [-0.3, -0.25) is 9.52 Å². The minimum absolute atomic E-state index is 0.0929. The second kappa shape index (κ2) is 9.35. The number of amides is 1. The first-order chi connectivity index (χ1) is 14.7. The summed E-state index contributed by atoms with van der Waals surface area (Å²) >= 11 is 0.